The number of fused-ring (bicyclic) bond motifs is 1. The number of aromatic nitrogens is 4. The molecule has 0 atom stereocenters. The number of ether oxygens (including phenoxy) is 2. The van der Waals surface area contributed by atoms with Crippen LogP contribution in [-0.2, 0) is 4.79 Å². The Hall–Kier alpha value is -3.07. The summed E-state index contributed by atoms with van der Waals surface area (Å²) in [6.45, 7) is 3.02. The van der Waals surface area contributed by atoms with Crippen LogP contribution in [0.15, 0.2) is 47.6 Å². The Bertz CT molecular complexity index is 975. The second kappa shape index (κ2) is 7.67. The molecule has 8 nitrogen and oxygen atoms in total. The van der Waals surface area contributed by atoms with E-state index in [4.69, 9.17) is 9.47 Å². The van der Waals surface area contributed by atoms with E-state index < -0.39 is 0 Å². The normalized spacial score (nSPS) is 12.6. The van der Waals surface area contributed by atoms with Crippen molar-refractivity contribution in [1.82, 2.24) is 20.2 Å². The Morgan fingerprint density at radius 1 is 1.19 bits per heavy atom. The van der Waals surface area contributed by atoms with Crippen LogP contribution in [0.4, 0.5) is 5.69 Å². The molecule has 1 aliphatic rings. The first kappa shape index (κ1) is 17.3. The van der Waals surface area contributed by atoms with Gasteiger partial charge in [0.1, 0.15) is 13.2 Å². The third-order valence-corrected chi connectivity index (χ3v) is 4.76. The van der Waals surface area contributed by atoms with Crippen molar-refractivity contribution in [2.45, 2.75) is 12.1 Å². The summed E-state index contributed by atoms with van der Waals surface area (Å²) in [6.07, 6.45) is 0. The number of aryl methyl sites for hydroxylation is 1. The zero-order valence-electron chi connectivity index (χ0n) is 14.6. The lowest BCUT2D eigenvalue weighted by atomic mass is 10.2. The second-order valence-corrected chi connectivity index (χ2v) is 6.85. The summed E-state index contributed by atoms with van der Waals surface area (Å²) in [5.41, 5.74) is 2.60. The van der Waals surface area contributed by atoms with Crippen LogP contribution < -0.4 is 14.8 Å². The summed E-state index contributed by atoms with van der Waals surface area (Å²) in [5.74, 6) is 1.42. The fraction of sp³-hybridized carbons (Fsp3) is 0.222. The standard InChI is InChI=1S/C18H17N5O3S/c1-12-3-2-4-13(9-12)19-17(24)11-27-18-20-21-22-23(18)14-5-6-15-16(10-14)26-8-7-25-15/h2-6,9-10H,7-8,11H2,1H3,(H,19,24). The first-order chi connectivity index (χ1) is 13.2. The van der Waals surface area contributed by atoms with Gasteiger partial charge in [0.25, 0.3) is 0 Å². The van der Waals surface area contributed by atoms with Crippen LogP contribution in [0.5, 0.6) is 11.5 Å². The van der Waals surface area contributed by atoms with Crippen LogP contribution >= 0.6 is 11.8 Å². The number of amides is 1. The van der Waals surface area contributed by atoms with E-state index in [1.165, 1.54) is 11.8 Å². The lowest BCUT2D eigenvalue weighted by molar-refractivity contribution is -0.113. The maximum atomic E-state index is 12.2. The molecule has 3 aromatic rings. The van der Waals surface area contributed by atoms with Gasteiger partial charge >= 0.3 is 0 Å². The van der Waals surface area contributed by atoms with Crippen LogP contribution in [-0.4, -0.2) is 45.1 Å². The number of tetrazole rings is 1. The Balaban J connectivity index is 1.44. The molecule has 0 radical (unpaired) electrons. The highest BCUT2D eigenvalue weighted by molar-refractivity contribution is 7.99. The zero-order valence-corrected chi connectivity index (χ0v) is 15.4. The van der Waals surface area contributed by atoms with Gasteiger partial charge in [-0.3, -0.25) is 4.79 Å². The van der Waals surface area contributed by atoms with Crippen LogP contribution in [0.25, 0.3) is 5.69 Å². The van der Waals surface area contributed by atoms with Crippen LogP contribution in [0, 0.1) is 6.92 Å². The van der Waals surface area contributed by atoms with Gasteiger partial charge in [-0.05, 0) is 47.2 Å². The van der Waals surface area contributed by atoms with Gasteiger partial charge in [0.2, 0.25) is 11.1 Å². The lowest BCUT2D eigenvalue weighted by Gasteiger charge is -2.18. The summed E-state index contributed by atoms with van der Waals surface area (Å²) in [5, 5.41) is 15.1. The topological polar surface area (TPSA) is 91.2 Å². The third-order valence-electron chi connectivity index (χ3n) is 3.85. The van der Waals surface area contributed by atoms with Gasteiger partial charge in [-0.1, -0.05) is 23.9 Å². The van der Waals surface area contributed by atoms with Crippen molar-refractivity contribution in [1.29, 1.82) is 0 Å². The molecule has 0 fully saturated rings. The number of carbonyl (C=O) groups excluding carboxylic acids is 1. The van der Waals surface area contributed by atoms with E-state index >= 15 is 0 Å². The molecule has 1 N–H and O–H groups in total. The van der Waals surface area contributed by atoms with Gasteiger partial charge in [0.15, 0.2) is 11.5 Å². The van der Waals surface area contributed by atoms with Gasteiger partial charge in [-0.15, -0.1) is 5.10 Å². The Kier molecular flexibility index (Phi) is 4.93. The predicted molar refractivity (Wildman–Crippen MR) is 101 cm³/mol. The van der Waals surface area contributed by atoms with Crippen molar-refractivity contribution >= 4 is 23.4 Å². The molecule has 2 aromatic carbocycles. The summed E-state index contributed by atoms with van der Waals surface area (Å²) in [7, 11) is 0. The van der Waals surface area contributed by atoms with Crippen molar-refractivity contribution in [3.8, 4) is 17.2 Å². The number of nitrogens with one attached hydrogen (secondary N) is 1. The van der Waals surface area contributed by atoms with E-state index in [9.17, 15) is 4.79 Å². The van der Waals surface area contributed by atoms with Crippen molar-refractivity contribution in [3.05, 3.63) is 48.0 Å². The fourth-order valence-corrected chi connectivity index (χ4v) is 3.34. The molecule has 1 aliphatic heterocycles. The Morgan fingerprint density at radius 3 is 2.89 bits per heavy atom. The van der Waals surface area contributed by atoms with Gasteiger partial charge in [-0.25, -0.2) is 0 Å². The minimum Gasteiger partial charge on any atom is -0.486 e. The molecule has 0 saturated carbocycles. The summed E-state index contributed by atoms with van der Waals surface area (Å²) in [6, 6.07) is 13.1. The van der Waals surface area contributed by atoms with Gasteiger partial charge in [-0.2, -0.15) is 4.68 Å². The molecule has 0 bridgehead atoms. The number of carbonyl (C=O) groups is 1. The van der Waals surface area contributed by atoms with E-state index in [1.807, 2.05) is 49.4 Å². The molecule has 1 amide bonds. The fourth-order valence-electron chi connectivity index (χ4n) is 2.64. The number of thioether (sulfide) groups is 1. The highest BCUT2D eigenvalue weighted by atomic mass is 32.2. The number of rotatable bonds is 5. The molecule has 1 aromatic heterocycles. The molecule has 0 spiro atoms. The quantitative estimate of drug-likeness (QED) is 0.677. The minimum absolute atomic E-state index is 0.123. The number of anilines is 1. The smallest absolute Gasteiger partial charge is 0.234 e. The largest absolute Gasteiger partial charge is 0.486 e. The van der Waals surface area contributed by atoms with E-state index in [1.54, 1.807) is 4.68 Å². The van der Waals surface area contributed by atoms with E-state index in [2.05, 4.69) is 20.8 Å². The molecular formula is C18H17N5O3S. The minimum atomic E-state index is -0.123. The van der Waals surface area contributed by atoms with Gasteiger partial charge in [0.05, 0.1) is 11.4 Å². The third kappa shape index (κ3) is 4.03. The highest BCUT2D eigenvalue weighted by Gasteiger charge is 2.16. The summed E-state index contributed by atoms with van der Waals surface area (Å²) >= 11 is 1.26. The molecule has 9 heteroatoms. The summed E-state index contributed by atoms with van der Waals surface area (Å²) in [4.78, 5) is 12.2. The van der Waals surface area contributed by atoms with E-state index in [-0.39, 0.29) is 11.7 Å². The molecule has 0 aliphatic carbocycles. The SMILES string of the molecule is Cc1cccc(NC(=O)CSc2nnnn2-c2ccc3c(c2)OCCO3)c1. The molecule has 27 heavy (non-hydrogen) atoms. The molecule has 2 heterocycles. The Morgan fingerprint density at radius 2 is 2.04 bits per heavy atom. The van der Waals surface area contributed by atoms with E-state index in [0.717, 1.165) is 16.9 Å². The van der Waals surface area contributed by atoms with Gasteiger partial charge < -0.3 is 14.8 Å². The molecule has 0 saturated heterocycles. The zero-order chi connectivity index (χ0) is 18.6. The molecular weight excluding hydrogens is 366 g/mol. The lowest BCUT2D eigenvalue weighted by Crippen LogP contribution is -2.16. The van der Waals surface area contributed by atoms with Crippen molar-refractivity contribution in [2.24, 2.45) is 0 Å². The molecule has 0 unspecified atom stereocenters. The van der Waals surface area contributed by atoms with Crippen LogP contribution in [0.3, 0.4) is 0 Å². The Labute approximate surface area is 159 Å². The number of nitrogens with zero attached hydrogens (tertiary/aromatic N) is 4. The average molecular weight is 383 g/mol. The molecule has 138 valence electrons. The first-order valence-electron chi connectivity index (χ1n) is 8.37. The van der Waals surface area contributed by atoms with Gasteiger partial charge in [0, 0.05) is 11.8 Å². The predicted octanol–water partition coefficient (Wildman–Crippen LogP) is 2.47. The monoisotopic (exact) mass is 383 g/mol. The number of benzene rings is 2. The summed E-state index contributed by atoms with van der Waals surface area (Å²) < 4.78 is 12.7. The first-order valence-corrected chi connectivity index (χ1v) is 9.35. The average Bonchev–Trinajstić information content (AvgIpc) is 3.15. The van der Waals surface area contributed by atoms with Crippen LogP contribution in [0.1, 0.15) is 5.56 Å². The van der Waals surface area contributed by atoms with Crippen molar-refractivity contribution in [2.75, 3.05) is 24.3 Å². The van der Waals surface area contributed by atoms with Crippen molar-refractivity contribution in [3.63, 3.8) is 0 Å². The van der Waals surface area contributed by atoms with Crippen molar-refractivity contribution < 1.29 is 14.3 Å². The molecule has 4 rings (SSSR count). The van der Waals surface area contributed by atoms with E-state index in [0.29, 0.717) is 29.9 Å². The maximum Gasteiger partial charge on any atom is 0.234 e. The number of hydrogen-bond acceptors (Lipinski definition) is 7. The number of hydrogen-bond donors (Lipinski definition) is 1. The maximum absolute atomic E-state index is 12.2. The second-order valence-electron chi connectivity index (χ2n) is 5.91. The highest BCUT2D eigenvalue weighted by Crippen LogP contribution is 2.32. The van der Waals surface area contributed by atoms with Crippen LogP contribution in [0.2, 0.25) is 0 Å².